The molecule has 0 bridgehead atoms. The van der Waals surface area contributed by atoms with Crippen molar-refractivity contribution in [3.05, 3.63) is 56.5 Å². The fourth-order valence-corrected chi connectivity index (χ4v) is 4.27. The van der Waals surface area contributed by atoms with E-state index in [2.05, 4.69) is 36.6 Å². The van der Waals surface area contributed by atoms with Gasteiger partial charge in [0.25, 0.3) is 10.0 Å². The predicted molar refractivity (Wildman–Crippen MR) is 91.7 cm³/mol. The van der Waals surface area contributed by atoms with Gasteiger partial charge in [-0.3, -0.25) is 4.72 Å². The van der Waals surface area contributed by atoms with Crippen molar-refractivity contribution in [2.24, 2.45) is 5.73 Å². The molecule has 0 saturated heterocycles. The molecule has 2 aromatic rings. The molecule has 0 amide bonds. The molecular weight excluding hydrogens is 420 g/mol. The summed E-state index contributed by atoms with van der Waals surface area (Å²) in [5.41, 5.74) is 7.51. The van der Waals surface area contributed by atoms with E-state index in [1.807, 2.05) is 12.1 Å². The normalized spacial score (nSPS) is 11.4. The molecule has 0 fully saturated rings. The van der Waals surface area contributed by atoms with Crippen LogP contribution in [-0.4, -0.2) is 8.42 Å². The second-order valence-electron chi connectivity index (χ2n) is 4.52. The Kier molecular flexibility index (Phi) is 5.08. The smallest absolute Gasteiger partial charge is 0.262 e. The molecule has 4 nitrogen and oxygen atoms in total. The van der Waals surface area contributed by atoms with Crippen LogP contribution in [0.25, 0.3) is 0 Å². The predicted octanol–water partition coefficient (Wildman–Crippen LogP) is 3.78. The molecule has 0 aliphatic carbocycles. The third kappa shape index (κ3) is 3.85. The lowest BCUT2D eigenvalue weighted by Crippen LogP contribution is -2.15. The average Bonchev–Trinajstić information content (AvgIpc) is 2.41. The summed E-state index contributed by atoms with van der Waals surface area (Å²) < 4.78 is 29.2. The second kappa shape index (κ2) is 6.48. The summed E-state index contributed by atoms with van der Waals surface area (Å²) in [5.74, 6) is 0. The first-order valence-corrected chi connectivity index (χ1v) is 9.18. The number of hydrogen-bond acceptors (Lipinski definition) is 3. The Labute approximate surface area is 141 Å². The highest BCUT2D eigenvalue weighted by Gasteiger charge is 2.19. The SMILES string of the molecule is Cc1c(Br)cc(CN)cc1S(=O)(=O)Nc1cccc(Br)c1. The van der Waals surface area contributed by atoms with E-state index in [4.69, 9.17) is 5.73 Å². The monoisotopic (exact) mass is 432 g/mol. The highest BCUT2D eigenvalue weighted by molar-refractivity contribution is 9.10. The van der Waals surface area contributed by atoms with E-state index in [1.165, 1.54) is 0 Å². The molecule has 3 N–H and O–H groups in total. The van der Waals surface area contributed by atoms with Crippen molar-refractivity contribution in [1.29, 1.82) is 0 Å². The number of nitrogens with one attached hydrogen (secondary N) is 1. The Balaban J connectivity index is 2.47. The fourth-order valence-electron chi connectivity index (χ4n) is 1.87. The van der Waals surface area contributed by atoms with Crippen molar-refractivity contribution < 1.29 is 8.42 Å². The van der Waals surface area contributed by atoms with Crippen LogP contribution < -0.4 is 10.5 Å². The maximum Gasteiger partial charge on any atom is 0.262 e. The quantitative estimate of drug-likeness (QED) is 0.770. The molecule has 7 heteroatoms. The highest BCUT2D eigenvalue weighted by Crippen LogP contribution is 2.27. The zero-order valence-corrected chi connectivity index (χ0v) is 15.2. The van der Waals surface area contributed by atoms with Crippen molar-refractivity contribution in [2.45, 2.75) is 18.4 Å². The molecule has 112 valence electrons. The van der Waals surface area contributed by atoms with Gasteiger partial charge in [-0.25, -0.2) is 8.42 Å². The molecule has 21 heavy (non-hydrogen) atoms. The van der Waals surface area contributed by atoms with Crippen molar-refractivity contribution in [1.82, 2.24) is 0 Å². The second-order valence-corrected chi connectivity index (χ2v) is 7.94. The third-order valence-corrected chi connectivity index (χ3v) is 5.78. The van der Waals surface area contributed by atoms with E-state index in [1.54, 1.807) is 31.2 Å². The van der Waals surface area contributed by atoms with Crippen LogP contribution in [-0.2, 0) is 16.6 Å². The maximum atomic E-state index is 12.6. The fraction of sp³-hybridized carbons (Fsp3) is 0.143. The third-order valence-electron chi connectivity index (χ3n) is 2.96. The Bertz CT molecular complexity index is 777. The number of sulfonamides is 1. The molecule has 0 atom stereocenters. The maximum absolute atomic E-state index is 12.6. The molecular formula is C14H14Br2N2O2S. The van der Waals surface area contributed by atoms with Crippen LogP contribution >= 0.6 is 31.9 Å². The molecule has 0 aliphatic heterocycles. The van der Waals surface area contributed by atoms with Crippen LogP contribution in [0.1, 0.15) is 11.1 Å². The minimum absolute atomic E-state index is 0.220. The highest BCUT2D eigenvalue weighted by atomic mass is 79.9. The molecule has 0 aliphatic rings. The summed E-state index contributed by atoms with van der Waals surface area (Å²) in [5, 5.41) is 0. The molecule has 2 rings (SSSR count). The van der Waals surface area contributed by atoms with Crippen LogP contribution in [0, 0.1) is 6.92 Å². The van der Waals surface area contributed by atoms with Gasteiger partial charge in [0.15, 0.2) is 0 Å². The number of anilines is 1. The van der Waals surface area contributed by atoms with Crippen LogP contribution in [0.2, 0.25) is 0 Å². The van der Waals surface area contributed by atoms with Gasteiger partial charge in [0.2, 0.25) is 0 Å². The van der Waals surface area contributed by atoms with E-state index in [0.717, 1.165) is 14.5 Å². The zero-order chi connectivity index (χ0) is 15.6. The van der Waals surface area contributed by atoms with E-state index >= 15 is 0 Å². The Morgan fingerprint density at radius 2 is 1.90 bits per heavy atom. The molecule has 0 saturated carbocycles. The van der Waals surface area contributed by atoms with E-state index in [0.29, 0.717) is 11.3 Å². The molecule has 0 heterocycles. The lowest BCUT2D eigenvalue weighted by Gasteiger charge is -2.13. The first-order chi connectivity index (χ1) is 9.83. The van der Waals surface area contributed by atoms with E-state index in [9.17, 15) is 8.42 Å². The van der Waals surface area contributed by atoms with Gasteiger partial charge in [0, 0.05) is 21.2 Å². The van der Waals surface area contributed by atoms with Gasteiger partial charge in [-0.1, -0.05) is 37.9 Å². The molecule has 0 spiro atoms. The van der Waals surface area contributed by atoms with Crippen LogP contribution in [0.15, 0.2) is 50.2 Å². The molecule has 0 unspecified atom stereocenters. The van der Waals surface area contributed by atoms with E-state index in [-0.39, 0.29) is 11.4 Å². The van der Waals surface area contributed by atoms with Crippen molar-refractivity contribution in [2.75, 3.05) is 4.72 Å². The first-order valence-electron chi connectivity index (χ1n) is 6.11. The molecule has 0 radical (unpaired) electrons. The summed E-state index contributed by atoms with van der Waals surface area (Å²) in [6.07, 6.45) is 0. The summed E-state index contributed by atoms with van der Waals surface area (Å²) in [7, 11) is -3.67. The van der Waals surface area contributed by atoms with Gasteiger partial charge in [-0.2, -0.15) is 0 Å². The van der Waals surface area contributed by atoms with Gasteiger partial charge in [0.05, 0.1) is 4.90 Å². The van der Waals surface area contributed by atoms with Crippen molar-refractivity contribution >= 4 is 47.6 Å². The molecule has 2 aromatic carbocycles. The average molecular weight is 434 g/mol. The minimum atomic E-state index is -3.67. The van der Waals surface area contributed by atoms with E-state index < -0.39 is 10.0 Å². The summed E-state index contributed by atoms with van der Waals surface area (Å²) >= 11 is 6.69. The number of nitrogens with two attached hydrogens (primary N) is 1. The zero-order valence-electron chi connectivity index (χ0n) is 11.2. The lowest BCUT2D eigenvalue weighted by molar-refractivity contribution is 0.600. The number of halogens is 2. The van der Waals surface area contributed by atoms with Gasteiger partial charge in [-0.15, -0.1) is 0 Å². The summed E-state index contributed by atoms with van der Waals surface area (Å²) in [6.45, 7) is 2.03. The Morgan fingerprint density at radius 3 is 2.52 bits per heavy atom. The number of hydrogen-bond donors (Lipinski definition) is 2. The van der Waals surface area contributed by atoms with Crippen molar-refractivity contribution in [3.8, 4) is 0 Å². The van der Waals surface area contributed by atoms with Gasteiger partial charge in [-0.05, 0) is 48.4 Å². The van der Waals surface area contributed by atoms with Crippen molar-refractivity contribution in [3.63, 3.8) is 0 Å². The lowest BCUT2D eigenvalue weighted by atomic mass is 10.1. The van der Waals surface area contributed by atoms with Gasteiger partial charge >= 0.3 is 0 Å². The topological polar surface area (TPSA) is 72.2 Å². The Morgan fingerprint density at radius 1 is 1.19 bits per heavy atom. The van der Waals surface area contributed by atoms with Crippen LogP contribution in [0.4, 0.5) is 5.69 Å². The number of benzene rings is 2. The van der Waals surface area contributed by atoms with Crippen LogP contribution in [0.5, 0.6) is 0 Å². The minimum Gasteiger partial charge on any atom is -0.326 e. The van der Waals surface area contributed by atoms with Gasteiger partial charge < -0.3 is 5.73 Å². The van der Waals surface area contributed by atoms with Crippen LogP contribution in [0.3, 0.4) is 0 Å². The number of rotatable bonds is 4. The standard InChI is InChI=1S/C14H14Br2N2O2S/c1-9-13(16)5-10(8-17)6-14(9)21(19,20)18-12-4-2-3-11(15)7-12/h2-7,18H,8,17H2,1H3. The molecule has 0 aromatic heterocycles. The summed E-state index contributed by atoms with van der Waals surface area (Å²) in [4.78, 5) is 0.220. The first kappa shape index (κ1) is 16.5. The largest absolute Gasteiger partial charge is 0.326 e. The summed E-state index contributed by atoms with van der Waals surface area (Å²) in [6, 6.07) is 10.4. The van der Waals surface area contributed by atoms with Gasteiger partial charge in [0.1, 0.15) is 0 Å². The Hall–Kier alpha value is -0.890.